The normalized spacial score (nSPS) is 10.3. The van der Waals surface area contributed by atoms with Gasteiger partial charge in [-0.3, -0.25) is 4.57 Å². The Morgan fingerprint density at radius 3 is 2.77 bits per heavy atom. The third-order valence-corrected chi connectivity index (χ3v) is 2.09. The first-order valence-corrected chi connectivity index (χ1v) is 4.27. The molecule has 2 rings (SSSR count). The lowest BCUT2D eigenvalue weighted by molar-refractivity contribution is 0.976. The number of aryl methyl sites for hydroxylation is 1. The number of rotatable bonds is 1. The van der Waals surface area contributed by atoms with Crippen molar-refractivity contribution in [2.75, 3.05) is 0 Å². The summed E-state index contributed by atoms with van der Waals surface area (Å²) in [7, 11) is 0. The molecule has 0 aliphatic rings. The second-order valence-corrected chi connectivity index (χ2v) is 3.05. The molecule has 0 saturated carbocycles. The fourth-order valence-electron chi connectivity index (χ4n) is 1.17. The molecular formula is C9H8ClN3. The molecule has 0 aliphatic heterocycles. The first kappa shape index (κ1) is 8.26. The van der Waals surface area contributed by atoms with Crippen molar-refractivity contribution in [3.8, 4) is 5.82 Å². The molecule has 13 heavy (non-hydrogen) atoms. The van der Waals surface area contributed by atoms with Gasteiger partial charge in [-0.25, -0.2) is 9.97 Å². The maximum absolute atomic E-state index is 5.86. The molecule has 2 aromatic heterocycles. The highest BCUT2D eigenvalue weighted by Crippen LogP contribution is 2.14. The molecule has 0 aromatic carbocycles. The van der Waals surface area contributed by atoms with Crippen LogP contribution in [0.4, 0.5) is 0 Å². The molecule has 0 N–H and O–H groups in total. The summed E-state index contributed by atoms with van der Waals surface area (Å²) in [5.41, 5.74) is 1.07. The van der Waals surface area contributed by atoms with Crippen LogP contribution in [0.25, 0.3) is 5.82 Å². The number of imidazole rings is 1. The zero-order chi connectivity index (χ0) is 9.26. The Balaban J connectivity index is 2.59. The summed E-state index contributed by atoms with van der Waals surface area (Å²) in [6.45, 7) is 1.98. The van der Waals surface area contributed by atoms with Crippen molar-refractivity contribution < 1.29 is 0 Å². The van der Waals surface area contributed by atoms with E-state index < -0.39 is 0 Å². The fourth-order valence-corrected chi connectivity index (χ4v) is 1.37. The first-order chi connectivity index (χ1) is 6.29. The van der Waals surface area contributed by atoms with E-state index in [-0.39, 0.29) is 0 Å². The van der Waals surface area contributed by atoms with Crippen LogP contribution in [-0.2, 0) is 0 Å². The fraction of sp³-hybridized carbons (Fsp3) is 0.111. The molecule has 4 heteroatoms. The Bertz CT molecular complexity index is 422. The average Bonchev–Trinajstić information content (AvgIpc) is 2.52. The topological polar surface area (TPSA) is 30.7 Å². The molecule has 66 valence electrons. The van der Waals surface area contributed by atoms with Crippen LogP contribution in [0.5, 0.6) is 0 Å². The van der Waals surface area contributed by atoms with Crippen molar-refractivity contribution in [2.45, 2.75) is 6.92 Å². The van der Waals surface area contributed by atoms with Crippen molar-refractivity contribution in [1.29, 1.82) is 0 Å². The van der Waals surface area contributed by atoms with Gasteiger partial charge in [-0.2, -0.15) is 0 Å². The van der Waals surface area contributed by atoms with E-state index in [0.717, 1.165) is 11.4 Å². The second-order valence-electron chi connectivity index (χ2n) is 2.71. The standard InChI is InChI=1S/C9H8ClN3/c1-7-3-2-4-11-8(7)13-6-5-12-9(13)10/h2-6H,1H3. The highest BCUT2D eigenvalue weighted by atomic mass is 35.5. The van der Waals surface area contributed by atoms with Gasteiger partial charge in [0.25, 0.3) is 0 Å². The van der Waals surface area contributed by atoms with E-state index >= 15 is 0 Å². The second kappa shape index (κ2) is 3.18. The number of hydrogen-bond acceptors (Lipinski definition) is 2. The zero-order valence-corrected chi connectivity index (χ0v) is 7.86. The van der Waals surface area contributed by atoms with Crippen molar-refractivity contribution in [2.24, 2.45) is 0 Å². The molecule has 0 aliphatic carbocycles. The molecule has 0 spiro atoms. The Morgan fingerprint density at radius 1 is 1.31 bits per heavy atom. The highest BCUT2D eigenvalue weighted by molar-refractivity contribution is 6.28. The van der Waals surface area contributed by atoms with Crippen molar-refractivity contribution in [3.63, 3.8) is 0 Å². The Labute approximate surface area is 81.0 Å². The van der Waals surface area contributed by atoms with Gasteiger partial charge in [-0.15, -0.1) is 0 Å². The van der Waals surface area contributed by atoms with Crippen LogP contribution in [0.1, 0.15) is 5.56 Å². The van der Waals surface area contributed by atoms with E-state index in [9.17, 15) is 0 Å². The number of halogens is 1. The number of pyridine rings is 1. The number of hydrogen-bond donors (Lipinski definition) is 0. The maximum atomic E-state index is 5.86. The first-order valence-electron chi connectivity index (χ1n) is 3.90. The van der Waals surface area contributed by atoms with E-state index in [1.165, 1.54) is 0 Å². The minimum absolute atomic E-state index is 0.432. The molecule has 0 radical (unpaired) electrons. The van der Waals surface area contributed by atoms with Gasteiger partial charge in [0.2, 0.25) is 5.28 Å². The van der Waals surface area contributed by atoms with Crippen LogP contribution >= 0.6 is 11.6 Å². The summed E-state index contributed by atoms with van der Waals surface area (Å²) in [5.74, 6) is 0.824. The third-order valence-electron chi connectivity index (χ3n) is 1.81. The van der Waals surface area contributed by atoms with E-state index in [2.05, 4.69) is 9.97 Å². The SMILES string of the molecule is Cc1cccnc1-n1ccnc1Cl. The van der Waals surface area contributed by atoms with Gasteiger partial charge in [0.1, 0.15) is 5.82 Å². The number of nitrogens with zero attached hydrogens (tertiary/aromatic N) is 3. The molecule has 0 unspecified atom stereocenters. The lowest BCUT2D eigenvalue weighted by Gasteiger charge is -2.04. The van der Waals surface area contributed by atoms with Gasteiger partial charge in [-0.1, -0.05) is 6.07 Å². The maximum Gasteiger partial charge on any atom is 0.208 e. The molecule has 0 atom stereocenters. The van der Waals surface area contributed by atoms with Crippen LogP contribution in [0, 0.1) is 6.92 Å². The minimum Gasteiger partial charge on any atom is -0.274 e. The quantitative estimate of drug-likeness (QED) is 0.696. The van der Waals surface area contributed by atoms with E-state index in [4.69, 9.17) is 11.6 Å². The predicted molar refractivity (Wildman–Crippen MR) is 51.1 cm³/mol. The molecule has 0 bridgehead atoms. The van der Waals surface area contributed by atoms with Crippen LogP contribution in [0.3, 0.4) is 0 Å². The molecule has 0 fully saturated rings. The van der Waals surface area contributed by atoms with Gasteiger partial charge in [-0.05, 0) is 30.2 Å². The van der Waals surface area contributed by atoms with E-state index in [0.29, 0.717) is 5.28 Å². The van der Waals surface area contributed by atoms with Crippen LogP contribution < -0.4 is 0 Å². The summed E-state index contributed by atoms with van der Waals surface area (Å²) >= 11 is 5.86. The summed E-state index contributed by atoms with van der Waals surface area (Å²) in [4.78, 5) is 8.14. The van der Waals surface area contributed by atoms with E-state index in [1.807, 2.05) is 19.1 Å². The summed E-state index contributed by atoms with van der Waals surface area (Å²) in [6.07, 6.45) is 5.17. The average molecular weight is 194 g/mol. The van der Waals surface area contributed by atoms with Crippen molar-refractivity contribution in [3.05, 3.63) is 41.6 Å². The van der Waals surface area contributed by atoms with Crippen molar-refractivity contribution in [1.82, 2.24) is 14.5 Å². The van der Waals surface area contributed by atoms with Crippen LogP contribution in [-0.4, -0.2) is 14.5 Å². The predicted octanol–water partition coefficient (Wildman–Crippen LogP) is 2.23. The van der Waals surface area contributed by atoms with Crippen LogP contribution in [0.15, 0.2) is 30.7 Å². The molecule has 2 aromatic rings. The largest absolute Gasteiger partial charge is 0.274 e. The monoisotopic (exact) mass is 193 g/mol. The lowest BCUT2D eigenvalue weighted by Crippen LogP contribution is -1.98. The summed E-state index contributed by atoms with van der Waals surface area (Å²) in [6, 6.07) is 3.88. The smallest absolute Gasteiger partial charge is 0.208 e. The minimum atomic E-state index is 0.432. The Morgan fingerprint density at radius 2 is 2.15 bits per heavy atom. The molecular weight excluding hydrogens is 186 g/mol. The van der Waals surface area contributed by atoms with Gasteiger partial charge >= 0.3 is 0 Å². The molecule has 2 heterocycles. The number of aromatic nitrogens is 3. The summed E-state index contributed by atoms with van der Waals surface area (Å²) < 4.78 is 1.75. The van der Waals surface area contributed by atoms with Gasteiger partial charge < -0.3 is 0 Å². The zero-order valence-electron chi connectivity index (χ0n) is 7.11. The van der Waals surface area contributed by atoms with Gasteiger partial charge in [0, 0.05) is 18.6 Å². The highest BCUT2D eigenvalue weighted by Gasteiger charge is 2.04. The Hall–Kier alpha value is -1.35. The molecule has 0 amide bonds. The lowest BCUT2D eigenvalue weighted by atomic mass is 10.3. The Kier molecular flexibility index (Phi) is 2.02. The summed E-state index contributed by atoms with van der Waals surface area (Å²) in [5, 5.41) is 0.432. The third kappa shape index (κ3) is 1.42. The van der Waals surface area contributed by atoms with Gasteiger partial charge in [0.05, 0.1) is 0 Å². The van der Waals surface area contributed by atoms with Crippen LogP contribution in [0.2, 0.25) is 5.28 Å². The van der Waals surface area contributed by atoms with Gasteiger partial charge in [0.15, 0.2) is 0 Å². The molecule has 3 nitrogen and oxygen atoms in total. The van der Waals surface area contributed by atoms with Crippen molar-refractivity contribution >= 4 is 11.6 Å². The van der Waals surface area contributed by atoms with E-state index in [1.54, 1.807) is 23.2 Å². The molecule has 0 saturated heterocycles.